The first-order valence-corrected chi connectivity index (χ1v) is 4.19. The van der Waals surface area contributed by atoms with E-state index in [9.17, 15) is 0 Å². The molecule has 0 saturated carbocycles. The van der Waals surface area contributed by atoms with Gasteiger partial charge in [-0.1, -0.05) is 29.8 Å². The number of thiocarbonyl (C=S) groups is 1. The van der Waals surface area contributed by atoms with E-state index in [4.69, 9.17) is 23.2 Å². The first-order valence-electron chi connectivity index (χ1n) is 2.97. The molecule has 0 fully saturated rings. The zero-order chi connectivity index (χ0) is 8.32. The lowest BCUT2D eigenvalue weighted by Crippen LogP contribution is -2.28. The van der Waals surface area contributed by atoms with E-state index in [0.29, 0.717) is 0 Å². The van der Waals surface area contributed by atoms with Gasteiger partial charge in [0.25, 0.3) is 0 Å². The molecule has 2 unspecified atom stereocenters. The van der Waals surface area contributed by atoms with Crippen LogP contribution in [0.5, 0.6) is 0 Å². The van der Waals surface area contributed by atoms with Gasteiger partial charge in [0.15, 0.2) is 5.00 Å². The van der Waals surface area contributed by atoms with E-state index in [2.05, 4.69) is 22.4 Å². The van der Waals surface area contributed by atoms with Crippen molar-refractivity contribution >= 4 is 40.6 Å². The highest BCUT2D eigenvalue weighted by molar-refractivity contribution is 7.78. The molecule has 1 aliphatic carbocycles. The summed E-state index contributed by atoms with van der Waals surface area (Å²) >= 11 is 16.3. The molecule has 0 bridgehead atoms. The van der Waals surface area contributed by atoms with Crippen LogP contribution in [0.1, 0.15) is 0 Å². The van der Waals surface area contributed by atoms with Gasteiger partial charge < -0.3 is 0 Å². The number of rotatable bonds is 1. The summed E-state index contributed by atoms with van der Waals surface area (Å²) in [6, 6.07) is 0. The Labute approximate surface area is 80.4 Å². The molecule has 4 heteroatoms. The molecule has 0 amide bonds. The Bertz CT molecular complexity index is 255. The molecule has 1 nitrogen and oxygen atoms in total. The topological polar surface area (TPSA) is 12.4 Å². The maximum atomic E-state index is 5.96. The molecule has 0 heterocycles. The first kappa shape index (κ1) is 8.95. The third-order valence-corrected chi connectivity index (χ3v) is 2.45. The molecular formula is C7H5Cl2NS. The number of allylic oxidation sites excluding steroid dienone is 2. The molecule has 0 aromatic rings. The molecule has 0 aromatic heterocycles. The fourth-order valence-electron chi connectivity index (χ4n) is 0.748. The second kappa shape index (κ2) is 3.51. The third kappa shape index (κ3) is 1.91. The molecule has 58 valence electrons. The van der Waals surface area contributed by atoms with Crippen LogP contribution in [0.3, 0.4) is 0 Å². The van der Waals surface area contributed by atoms with Gasteiger partial charge in [0.05, 0.1) is 10.5 Å². The van der Waals surface area contributed by atoms with E-state index in [1.54, 1.807) is 18.2 Å². The number of halogens is 2. The number of isothiocyanates is 1. The van der Waals surface area contributed by atoms with Gasteiger partial charge >= 0.3 is 0 Å². The van der Waals surface area contributed by atoms with Crippen LogP contribution in [0.4, 0.5) is 0 Å². The summed E-state index contributed by atoms with van der Waals surface area (Å²) < 4.78 is 0. The highest BCUT2D eigenvalue weighted by Crippen LogP contribution is 2.30. The quantitative estimate of drug-likeness (QED) is 0.278. The summed E-state index contributed by atoms with van der Waals surface area (Å²) in [5, 5.41) is 1.86. The standard InChI is InChI=1S/C7H5Cl2NS/c8-6-3-1-2-4-7(6,9)10-5-11/h1-4,6H. The highest BCUT2D eigenvalue weighted by Gasteiger charge is 2.31. The average molecular weight is 206 g/mol. The minimum atomic E-state index is -0.932. The lowest BCUT2D eigenvalue weighted by atomic mass is 10.1. The van der Waals surface area contributed by atoms with Gasteiger partial charge in [0, 0.05) is 0 Å². The smallest absolute Gasteiger partial charge is 0.182 e. The van der Waals surface area contributed by atoms with E-state index in [0.717, 1.165) is 0 Å². The Morgan fingerprint density at radius 2 is 2.27 bits per heavy atom. The normalized spacial score (nSPS) is 34.9. The van der Waals surface area contributed by atoms with Crippen molar-refractivity contribution in [3.63, 3.8) is 0 Å². The molecule has 2 atom stereocenters. The number of hydrogen-bond donors (Lipinski definition) is 0. The molecule has 0 radical (unpaired) electrons. The van der Waals surface area contributed by atoms with Gasteiger partial charge in [-0.3, -0.25) is 0 Å². The van der Waals surface area contributed by atoms with Gasteiger partial charge in [-0.15, -0.1) is 11.6 Å². The predicted octanol–water partition coefficient (Wildman–Crippen LogP) is 2.76. The van der Waals surface area contributed by atoms with Crippen molar-refractivity contribution in [3.8, 4) is 0 Å². The Morgan fingerprint density at radius 3 is 2.82 bits per heavy atom. The molecule has 0 aromatic carbocycles. The van der Waals surface area contributed by atoms with Crippen molar-refractivity contribution in [1.29, 1.82) is 0 Å². The summed E-state index contributed by atoms with van der Waals surface area (Å²) in [4.78, 5) is 2.82. The minimum absolute atomic E-state index is 0.357. The van der Waals surface area contributed by atoms with Crippen LogP contribution in [0.2, 0.25) is 0 Å². The SMILES string of the molecule is S=C=NC1(Cl)C=CC=CC1Cl. The fourth-order valence-corrected chi connectivity index (χ4v) is 1.34. The fraction of sp³-hybridized carbons (Fsp3) is 0.286. The molecular weight excluding hydrogens is 201 g/mol. The number of aliphatic imine (C=N–C) groups is 1. The Kier molecular flexibility index (Phi) is 2.85. The minimum Gasteiger partial charge on any atom is -0.203 e. The zero-order valence-electron chi connectivity index (χ0n) is 5.50. The van der Waals surface area contributed by atoms with Crippen molar-refractivity contribution in [3.05, 3.63) is 24.3 Å². The number of alkyl halides is 2. The highest BCUT2D eigenvalue weighted by atomic mass is 35.5. The van der Waals surface area contributed by atoms with E-state index >= 15 is 0 Å². The predicted molar refractivity (Wildman–Crippen MR) is 51.5 cm³/mol. The van der Waals surface area contributed by atoms with E-state index in [-0.39, 0.29) is 5.38 Å². The van der Waals surface area contributed by atoms with Crippen molar-refractivity contribution in [1.82, 2.24) is 0 Å². The maximum absolute atomic E-state index is 5.96. The van der Waals surface area contributed by atoms with Crippen LogP contribution in [0.25, 0.3) is 0 Å². The van der Waals surface area contributed by atoms with Crippen LogP contribution < -0.4 is 0 Å². The molecule has 1 aliphatic rings. The number of nitrogens with zero attached hydrogens (tertiary/aromatic N) is 1. The van der Waals surface area contributed by atoms with Crippen molar-refractivity contribution in [2.24, 2.45) is 4.99 Å². The van der Waals surface area contributed by atoms with E-state index < -0.39 is 5.00 Å². The van der Waals surface area contributed by atoms with Crippen LogP contribution in [0, 0.1) is 0 Å². The third-order valence-electron chi connectivity index (χ3n) is 1.32. The Morgan fingerprint density at radius 1 is 1.55 bits per heavy atom. The second-order valence-corrected chi connectivity index (χ2v) is 3.33. The summed E-state index contributed by atoms with van der Waals surface area (Å²) in [5.41, 5.74) is 0. The second-order valence-electron chi connectivity index (χ2n) is 2.08. The van der Waals surface area contributed by atoms with Crippen LogP contribution in [-0.2, 0) is 0 Å². The Hall–Kier alpha value is -0.140. The Balaban J connectivity index is 2.94. The maximum Gasteiger partial charge on any atom is 0.182 e. The average Bonchev–Trinajstić information content (AvgIpc) is 1.96. The lowest BCUT2D eigenvalue weighted by molar-refractivity contribution is 0.759. The van der Waals surface area contributed by atoms with Crippen molar-refractivity contribution in [2.45, 2.75) is 10.4 Å². The number of hydrogen-bond acceptors (Lipinski definition) is 2. The van der Waals surface area contributed by atoms with Gasteiger partial charge in [0.1, 0.15) is 0 Å². The molecule has 1 rings (SSSR count). The summed E-state index contributed by atoms with van der Waals surface area (Å²) in [6.07, 6.45) is 7.04. The first-order chi connectivity index (χ1) is 5.19. The molecule has 11 heavy (non-hydrogen) atoms. The van der Waals surface area contributed by atoms with Crippen molar-refractivity contribution < 1.29 is 0 Å². The summed E-state index contributed by atoms with van der Waals surface area (Å²) in [6.45, 7) is 0. The monoisotopic (exact) mass is 205 g/mol. The van der Waals surface area contributed by atoms with Crippen LogP contribution >= 0.6 is 35.4 Å². The molecule has 0 spiro atoms. The molecule has 0 N–H and O–H groups in total. The van der Waals surface area contributed by atoms with Gasteiger partial charge in [-0.2, -0.15) is 0 Å². The van der Waals surface area contributed by atoms with E-state index in [1.807, 2.05) is 6.08 Å². The molecule has 0 saturated heterocycles. The molecule has 0 aliphatic heterocycles. The van der Waals surface area contributed by atoms with Gasteiger partial charge in [-0.05, 0) is 18.3 Å². The van der Waals surface area contributed by atoms with Crippen LogP contribution in [0.15, 0.2) is 29.3 Å². The van der Waals surface area contributed by atoms with Crippen molar-refractivity contribution in [2.75, 3.05) is 0 Å². The zero-order valence-corrected chi connectivity index (χ0v) is 7.83. The largest absolute Gasteiger partial charge is 0.203 e. The van der Waals surface area contributed by atoms with E-state index in [1.165, 1.54) is 0 Å². The lowest BCUT2D eigenvalue weighted by Gasteiger charge is -2.22. The summed E-state index contributed by atoms with van der Waals surface area (Å²) in [5.74, 6) is 0. The van der Waals surface area contributed by atoms with Gasteiger partial charge in [0.2, 0.25) is 0 Å². The summed E-state index contributed by atoms with van der Waals surface area (Å²) in [7, 11) is 0. The van der Waals surface area contributed by atoms with Gasteiger partial charge in [-0.25, -0.2) is 4.99 Å². The van der Waals surface area contributed by atoms with Crippen LogP contribution in [-0.4, -0.2) is 15.5 Å².